The first-order valence-electron chi connectivity index (χ1n) is 4.73. The second-order valence-corrected chi connectivity index (χ2v) is 3.58. The normalized spacial score (nSPS) is 12.0. The van der Waals surface area contributed by atoms with Crippen LogP contribution in [0.4, 0.5) is 0 Å². The molecular formula is C11H6N4. The Balaban J connectivity index is 2.54. The van der Waals surface area contributed by atoms with Crippen LogP contribution in [-0.2, 0) is 0 Å². The third-order valence-electron chi connectivity index (χ3n) is 2.79. The van der Waals surface area contributed by atoms with Crippen molar-refractivity contribution in [1.29, 1.82) is 0 Å². The maximum atomic E-state index is 4.26. The topological polar surface area (TPSA) is 54.5 Å². The average Bonchev–Trinajstić information content (AvgIpc) is 2.71. The van der Waals surface area contributed by atoms with Crippen molar-refractivity contribution >= 4 is 32.8 Å². The summed E-state index contributed by atoms with van der Waals surface area (Å²) in [6, 6.07) is 7.95. The average molecular weight is 194 g/mol. The van der Waals surface area contributed by atoms with Gasteiger partial charge in [-0.2, -0.15) is 5.10 Å². The minimum absolute atomic E-state index is 0.970. The van der Waals surface area contributed by atoms with Crippen LogP contribution in [-0.4, -0.2) is 20.2 Å². The van der Waals surface area contributed by atoms with Crippen molar-refractivity contribution in [2.24, 2.45) is 0 Å². The van der Waals surface area contributed by atoms with E-state index in [0.717, 1.165) is 32.8 Å². The highest BCUT2D eigenvalue weighted by Gasteiger charge is 2.10. The molecule has 0 saturated carbocycles. The first-order valence-corrected chi connectivity index (χ1v) is 4.73. The first-order chi connectivity index (χ1) is 7.43. The molecule has 70 valence electrons. The Bertz CT molecular complexity index is 711. The Labute approximate surface area is 84.3 Å². The lowest BCUT2D eigenvalue weighted by Gasteiger charge is -2.01. The van der Waals surface area contributed by atoms with Crippen molar-refractivity contribution < 1.29 is 0 Å². The zero-order valence-electron chi connectivity index (χ0n) is 7.73. The first kappa shape index (κ1) is 7.11. The molecule has 1 N–H and O–H groups in total. The van der Waals surface area contributed by atoms with E-state index in [4.69, 9.17) is 0 Å². The van der Waals surface area contributed by atoms with E-state index >= 15 is 0 Å². The van der Waals surface area contributed by atoms with Crippen LogP contribution in [0.15, 0.2) is 30.6 Å². The lowest BCUT2D eigenvalue weighted by molar-refractivity contribution is 1.15. The molecule has 0 atom stereocenters. The van der Waals surface area contributed by atoms with Crippen molar-refractivity contribution in [3.05, 3.63) is 30.6 Å². The van der Waals surface area contributed by atoms with E-state index in [1.807, 2.05) is 24.3 Å². The third kappa shape index (κ3) is 0.747. The summed E-state index contributed by atoms with van der Waals surface area (Å²) in [6.45, 7) is 0. The van der Waals surface area contributed by atoms with Gasteiger partial charge in [0.2, 0.25) is 0 Å². The molecule has 0 radical (unpaired) electrons. The van der Waals surface area contributed by atoms with Crippen LogP contribution in [0.25, 0.3) is 32.8 Å². The Morgan fingerprint density at radius 1 is 0.800 bits per heavy atom. The van der Waals surface area contributed by atoms with E-state index in [2.05, 4.69) is 20.2 Å². The summed E-state index contributed by atoms with van der Waals surface area (Å²) in [7, 11) is 0. The molecular weight excluding hydrogens is 188 g/mol. The van der Waals surface area contributed by atoms with E-state index in [0.29, 0.717) is 0 Å². The number of hydrogen-bond acceptors (Lipinski definition) is 3. The van der Waals surface area contributed by atoms with E-state index in [1.165, 1.54) is 0 Å². The fourth-order valence-electron chi connectivity index (χ4n) is 2.12. The lowest BCUT2D eigenvalue weighted by atomic mass is 10.1. The Morgan fingerprint density at radius 2 is 1.53 bits per heavy atom. The highest BCUT2D eigenvalue weighted by Crippen LogP contribution is 2.30. The molecule has 4 nitrogen and oxygen atoms in total. The Kier molecular flexibility index (Phi) is 1.06. The van der Waals surface area contributed by atoms with Crippen LogP contribution in [0.2, 0.25) is 0 Å². The second kappa shape index (κ2) is 2.23. The highest BCUT2D eigenvalue weighted by molar-refractivity contribution is 6.19. The van der Waals surface area contributed by atoms with Gasteiger partial charge in [-0.3, -0.25) is 5.10 Å². The maximum absolute atomic E-state index is 4.26. The van der Waals surface area contributed by atoms with Gasteiger partial charge in [-0.15, -0.1) is 0 Å². The number of rotatable bonds is 0. The predicted molar refractivity (Wildman–Crippen MR) is 57.9 cm³/mol. The van der Waals surface area contributed by atoms with Gasteiger partial charge < -0.3 is 0 Å². The number of aromatic nitrogens is 4. The van der Waals surface area contributed by atoms with Crippen LogP contribution in [0.5, 0.6) is 0 Å². The Morgan fingerprint density at radius 3 is 2.40 bits per heavy atom. The SMILES string of the molecule is c1nc2ccc3n[nH]c4ccc(n1)c2c34. The number of aromatic amines is 1. The molecule has 2 heterocycles. The van der Waals surface area contributed by atoms with E-state index in [-0.39, 0.29) is 0 Å². The monoisotopic (exact) mass is 194 g/mol. The molecule has 4 heteroatoms. The number of nitrogens with zero attached hydrogens (tertiary/aromatic N) is 3. The molecule has 0 aliphatic carbocycles. The van der Waals surface area contributed by atoms with E-state index in [1.54, 1.807) is 6.33 Å². The zero-order valence-corrected chi connectivity index (χ0v) is 7.73. The molecule has 0 bridgehead atoms. The number of benzene rings is 2. The molecule has 0 fully saturated rings. The van der Waals surface area contributed by atoms with Gasteiger partial charge in [-0.25, -0.2) is 9.97 Å². The van der Waals surface area contributed by atoms with Crippen LogP contribution in [0, 0.1) is 0 Å². The quantitative estimate of drug-likeness (QED) is 0.466. The van der Waals surface area contributed by atoms with Crippen molar-refractivity contribution in [3.8, 4) is 0 Å². The van der Waals surface area contributed by atoms with Gasteiger partial charge in [-0.1, -0.05) is 0 Å². The standard InChI is InChI=1S/C11H6N4/c1-3-8-11-9(15-14-8)4-2-7-10(11)6(1)12-5-13-7/h1-5H,(H,14,15). The van der Waals surface area contributed by atoms with Gasteiger partial charge in [0.05, 0.1) is 22.1 Å². The Hall–Kier alpha value is -2.23. The largest absolute Gasteiger partial charge is 0.277 e. The smallest absolute Gasteiger partial charge is 0.116 e. The fraction of sp³-hybridized carbons (Fsp3) is 0. The van der Waals surface area contributed by atoms with Crippen LogP contribution in [0.3, 0.4) is 0 Å². The molecule has 2 aromatic heterocycles. The molecule has 0 amide bonds. The van der Waals surface area contributed by atoms with Crippen molar-refractivity contribution in [1.82, 2.24) is 20.2 Å². The summed E-state index contributed by atoms with van der Waals surface area (Å²) in [4.78, 5) is 8.52. The van der Waals surface area contributed by atoms with Crippen LogP contribution in [0.1, 0.15) is 0 Å². The molecule has 0 aliphatic heterocycles. The zero-order chi connectivity index (χ0) is 9.83. The number of nitrogens with one attached hydrogen (secondary N) is 1. The lowest BCUT2D eigenvalue weighted by Crippen LogP contribution is -1.85. The van der Waals surface area contributed by atoms with E-state index in [9.17, 15) is 0 Å². The number of hydrogen-bond donors (Lipinski definition) is 1. The minimum Gasteiger partial charge on any atom is -0.277 e. The minimum atomic E-state index is 0.970. The van der Waals surface area contributed by atoms with Crippen molar-refractivity contribution in [3.63, 3.8) is 0 Å². The predicted octanol–water partition coefficient (Wildman–Crippen LogP) is 2.10. The second-order valence-electron chi connectivity index (χ2n) is 3.58. The summed E-state index contributed by atoms with van der Waals surface area (Å²) in [6.07, 6.45) is 1.60. The number of H-pyrrole nitrogens is 1. The third-order valence-corrected chi connectivity index (χ3v) is 2.79. The fourth-order valence-corrected chi connectivity index (χ4v) is 2.12. The van der Waals surface area contributed by atoms with Gasteiger partial charge in [0.25, 0.3) is 0 Å². The molecule has 0 spiro atoms. The molecule has 15 heavy (non-hydrogen) atoms. The van der Waals surface area contributed by atoms with Crippen molar-refractivity contribution in [2.75, 3.05) is 0 Å². The van der Waals surface area contributed by atoms with Gasteiger partial charge in [0.15, 0.2) is 0 Å². The van der Waals surface area contributed by atoms with Crippen molar-refractivity contribution in [2.45, 2.75) is 0 Å². The summed E-state index contributed by atoms with van der Waals surface area (Å²) in [5.41, 5.74) is 3.95. The molecule has 2 aromatic carbocycles. The highest BCUT2D eigenvalue weighted by atomic mass is 15.1. The summed E-state index contributed by atoms with van der Waals surface area (Å²) >= 11 is 0. The van der Waals surface area contributed by atoms with Crippen LogP contribution < -0.4 is 0 Å². The van der Waals surface area contributed by atoms with E-state index < -0.39 is 0 Å². The summed E-state index contributed by atoms with van der Waals surface area (Å²) in [5.74, 6) is 0. The maximum Gasteiger partial charge on any atom is 0.116 e. The molecule has 4 aromatic rings. The van der Waals surface area contributed by atoms with Gasteiger partial charge >= 0.3 is 0 Å². The molecule has 4 rings (SSSR count). The molecule has 0 saturated heterocycles. The summed E-state index contributed by atoms with van der Waals surface area (Å²) < 4.78 is 0. The van der Waals surface area contributed by atoms with Gasteiger partial charge in [0, 0.05) is 10.8 Å². The van der Waals surface area contributed by atoms with Gasteiger partial charge in [-0.05, 0) is 24.3 Å². The van der Waals surface area contributed by atoms with Crippen LogP contribution >= 0.6 is 0 Å². The molecule has 0 aliphatic rings. The van der Waals surface area contributed by atoms with Gasteiger partial charge in [0.1, 0.15) is 6.33 Å². The molecule has 0 unspecified atom stereocenters. The summed E-state index contributed by atoms with van der Waals surface area (Å²) in [5, 5.41) is 9.48.